The molecule has 3 aromatic rings. The van der Waals surface area contributed by atoms with E-state index in [4.69, 9.17) is 29.4 Å². The van der Waals surface area contributed by atoms with Gasteiger partial charge in [0.05, 0.1) is 38.9 Å². The molecule has 1 aliphatic rings. The Morgan fingerprint density at radius 2 is 1.67 bits per heavy atom. The van der Waals surface area contributed by atoms with Crippen molar-refractivity contribution in [2.24, 2.45) is 5.73 Å². The topological polar surface area (TPSA) is 118 Å². The van der Waals surface area contributed by atoms with Crippen molar-refractivity contribution in [3.63, 3.8) is 0 Å². The number of allylic oxidation sites excluding steroid dienone is 1. The number of methoxy groups -OCH3 is 2. The number of ether oxygens (including phenoxy) is 5. The summed E-state index contributed by atoms with van der Waals surface area (Å²) in [6.07, 6.45) is 0.575. The summed E-state index contributed by atoms with van der Waals surface area (Å²) in [5, 5.41) is 10.0. The summed E-state index contributed by atoms with van der Waals surface area (Å²) >= 11 is 0. The van der Waals surface area contributed by atoms with Crippen molar-refractivity contribution in [2.75, 3.05) is 27.4 Å². The molecular formula is C30H33N3O6. The lowest BCUT2D eigenvalue weighted by Crippen LogP contribution is -2.33. The zero-order valence-electron chi connectivity index (χ0n) is 22.9. The predicted octanol–water partition coefficient (Wildman–Crippen LogP) is 4.43. The molecule has 2 N–H and O–H groups in total. The molecule has 9 heteroatoms. The van der Waals surface area contributed by atoms with E-state index >= 15 is 0 Å². The number of fused-ring (bicyclic) bond motifs is 1. The van der Waals surface area contributed by atoms with Crippen molar-refractivity contribution in [1.29, 1.82) is 5.26 Å². The van der Waals surface area contributed by atoms with Crippen LogP contribution in [0.4, 0.5) is 0 Å². The molecular weight excluding hydrogens is 498 g/mol. The Balaban J connectivity index is 1.79. The zero-order valence-corrected chi connectivity index (χ0v) is 22.9. The van der Waals surface area contributed by atoms with E-state index in [9.17, 15) is 10.1 Å². The molecule has 4 rings (SSSR count). The van der Waals surface area contributed by atoms with E-state index in [0.717, 1.165) is 5.56 Å². The highest BCUT2D eigenvalue weighted by Gasteiger charge is 2.35. The molecule has 0 fully saturated rings. The third-order valence-electron chi connectivity index (χ3n) is 6.66. The molecule has 204 valence electrons. The van der Waals surface area contributed by atoms with Gasteiger partial charge >= 0.3 is 0 Å². The molecule has 0 radical (unpaired) electrons. The van der Waals surface area contributed by atoms with Crippen LogP contribution in [0.1, 0.15) is 42.1 Å². The first-order valence-corrected chi connectivity index (χ1v) is 12.8. The van der Waals surface area contributed by atoms with Gasteiger partial charge in [-0.3, -0.25) is 4.79 Å². The van der Waals surface area contributed by atoms with Gasteiger partial charge in [0.15, 0.2) is 23.0 Å². The van der Waals surface area contributed by atoms with Crippen molar-refractivity contribution in [2.45, 2.75) is 39.7 Å². The van der Waals surface area contributed by atoms with Gasteiger partial charge in [0, 0.05) is 18.3 Å². The van der Waals surface area contributed by atoms with Crippen LogP contribution in [-0.2, 0) is 13.0 Å². The fourth-order valence-corrected chi connectivity index (χ4v) is 4.82. The van der Waals surface area contributed by atoms with Crippen LogP contribution >= 0.6 is 0 Å². The van der Waals surface area contributed by atoms with Crippen LogP contribution in [0.2, 0.25) is 0 Å². The maximum absolute atomic E-state index is 14.0. The molecule has 0 spiro atoms. The fraction of sp³-hybridized carbons (Fsp3) is 0.333. The second kappa shape index (κ2) is 11.9. The van der Waals surface area contributed by atoms with Gasteiger partial charge in [-0.05, 0) is 62.6 Å². The Morgan fingerprint density at radius 1 is 0.974 bits per heavy atom. The molecule has 0 unspecified atom stereocenters. The zero-order chi connectivity index (χ0) is 28.1. The minimum atomic E-state index is -0.728. The highest BCUT2D eigenvalue weighted by molar-refractivity contribution is 5.57. The number of hydrogen-bond donors (Lipinski definition) is 1. The summed E-state index contributed by atoms with van der Waals surface area (Å²) in [5.41, 5.74) is 8.83. The molecule has 0 bridgehead atoms. The quantitative estimate of drug-likeness (QED) is 0.408. The van der Waals surface area contributed by atoms with Crippen LogP contribution < -0.4 is 35.0 Å². The van der Waals surface area contributed by atoms with Gasteiger partial charge in [0.1, 0.15) is 17.4 Å². The van der Waals surface area contributed by atoms with Crippen molar-refractivity contribution < 1.29 is 23.7 Å². The van der Waals surface area contributed by atoms with E-state index in [1.165, 1.54) is 0 Å². The van der Waals surface area contributed by atoms with Gasteiger partial charge in [-0.2, -0.15) is 5.26 Å². The largest absolute Gasteiger partial charge is 0.493 e. The Morgan fingerprint density at radius 3 is 2.33 bits per heavy atom. The summed E-state index contributed by atoms with van der Waals surface area (Å²) in [6, 6.07) is 15.0. The van der Waals surface area contributed by atoms with Gasteiger partial charge in [-0.15, -0.1) is 0 Å². The maximum atomic E-state index is 14.0. The van der Waals surface area contributed by atoms with Crippen LogP contribution in [0.3, 0.4) is 0 Å². The summed E-state index contributed by atoms with van der Waals surface area (Å²) in [4.78, 5) is 14.0. The first kappa shape index (κ1) is 27.5. The van der Waals surface area contributed by atoms with E-state index < -0.39 is 5.92 Å². The van der Waals surface area contributed by atoms with Crippen molar-refractivity contribution in [3.8, 4) is 34.8 Å². The minimum Gasteiger partial charge on any atom is -0.493 e. The van der Waals surface area contributed by atoms with Gasteiger partial charge in [-0.1, -0.05) is 12.1 Å². The number of aryl methyl sites for hydroxylation is 2. The van der Waals surface area contributed by atoms with Crippen molar-refractivity contribution in [1.82, 2.24) is 4.57 Å². The lowest BCUT2D eigenvalue weighted by Gasteiger charge is -2.28. The number of nitriles is 1. The van der Waals surface area contributed by atoms with Crippen LogP contribution in [0.5, 0.6) is 28.7 Å². The monoisotopic (exact) mass is 531 g/mol. The molecule has 0 amide bonds. The second-order valence-corrected chi connectivity index (χ2v) is 8.96. The van der Waals surface area contributed by atoms with Crippen LogP contribution in [-0.4, -0.2) is 32.0 Å². The summed E-state index contributed by atoms with van der Waals surface area (Å²) in [7, 11) is 3.17. The van der Waals surface area contributed by atoms with Crippen LogP contribution in [0.15, 0.2) is 58.7 Å². The van der Waals surface area contributed by atoms with Crippen molar-refractivity contribution >= 4 is 0 Å². The molecule has 0 aliphatic carbocycles. The van der Waals surface area contributed by atoms with Crippen LogP contribution in [0.25, 0.3) is 0 Å². The number of pyridine rings is 1. The van der Waals surface area contributed by atoms with E-state index in [2.05, 4.69) is 6.07 Å². The standard InChI is InChI=1S/C30H33N3O6/c1-6-37-23-11-9-20(16-25(23)38-7-2)27-21(17-31)29(32)39-26-14-18(3)33(30(34)28(26)27)13-12-19-8-10-22(35-4)24(15-19)36-5/h8-11,14-16,27H,6-7,12-13,32H2,1-5H3/t27-/m1/s1. The number of hydrogen-bond acceptors (Lipinski definition) is 8. The minimum absolute atomic E-state index is 0.0243. The Bertz CT molecular complexity index is 1500. The lowest BCUT2D eigenvalue weighted by molar-refractivity contribution is 0.287. The SMILES string of the molecule is CCOc1ccc([C@@H]2C(C#N)=C(N)Oc3cc(C)n(CCc4ccc(OC)c(OC)c4)c(=O)c32)cc1OCC. The Labute approximate surface area is 227 Å². The molecule has 2 heterocycles. The highest BCUT2D eigenvalue weighted by Crippen LogP contribution is 2.43. The van der Waals surface area contributed by atoms with E-state index in [0.29, 0.717) is 71.7 Å². The first-order chi connectivity index (χ1) is 18.9. The summed E-state index contributed by atoms with van der Waals surface area (Å²) in [5.74, 6) is 1.96. The number of nitrogens with zero attached hydrogens (tertiary/aromatic N) is 2. The van der Waals surface area contributed by atoms with E-state index in [-0.39, 0.29) is 17.0 Å². The number of rotatable bonds is 10. The third-order valence-corrected chi connectivity index (χ3v) is 6.66. The second-order valence-electron chi connectivity index (χ2n) is 8.96. The lowest BCUT2D eigenvalue weighted by atomic mass is 9.84. The number of nitrogens with two attached hydrogens (primary N) is 1. The van der Waals surface area contributed by atoms with E-state index in [1.54, 1.807) is 37.0 Å². The van der Waals surface area contributed by atoms with Crippen LogP contribution in [0, 0.1) is 18.3 Å². The van der Waals surface area contributed by atoms with Gasteiger partial charge in [0.25, 0.3) is 5.56 Å². The normalized spacial score (nSPS) is 14.2. The highest BCUT2D eigenvalue weighted by atomic mass is 16.5. The molecule has 1 atom stereocenters. The molecule has 9 nitrogen and oxygen atoms in total. The molecule has 1 aromatic heterocycles. The van der Waals surface area contributed by atoms with E-state index in [1.807, 2.05) is 45.0 Å². The third kappa shape index (κ3) is 5.36. The smallest absolute Gasteiger partial charge is 0.258 e. The van der Waals surface area contributed by atoms with Gasteiger partial charge in [0.2, 0.25) is 5.88 Å². The summed E-state index contributed by atoms with van der Waals surface area (Å²) < 4.78 is 29.8. The van der Waals surface area contributed by atoms with Gasteiger partial charge in [-0.25, -0.2) is 0 Å². The maximum Gasteiger partial charge on any atom is 0.258 e. The average Bonchev–Trinajstić information content (AvgIpc) is 2.93. The summed E-state index contributed by atoms with van der Waals surface area (Å²) in [6.45, 7) is 6.93. The first-order valence-electron chi connectivity index (χ1n) is 12.8. The number of benzene rings is 2. The molecule has 2 aromatic carbocycles. The Hall–Kier alpha value is -4.58. The molecule has 1 aliphatic heterocycles. The van der Waals surface area contributed by atoms with Crippen molar-refractivity contribution in [3.05, 3.63) is 86.7 Å². The fourth-order valence-electron chi connectivity index (χ4n) is 4.82. The molecule has 0 saturated carbocycles. The van der Waals surface area contributed by atoms with Gasteiger partial charge < -0.3 is 34.0 Å². The Kier molecular flexibility index (Phi) is 8.35. The molecule has 0 saturated heterocycles. The predicted molar refractivity (Wildman–Crippen MR) is 147 cm³/mol. The number of aromatic nitrogens is 1. The average molecular weight is 532 g/mol. The molecule has 39 heavy (non-hydrogen) atoms.